The number of aromatic nitrogens is 2. The molecule has 1 saturated carbocycles. The van der Waals surface area contributed by atoms with Crippen LogP contribution in [0.4, 0.5) is 4.39 Å². The van der Waals surface area contributed by atoms with E-state index in [-0.39, 0.29) is 41.1 Å². The Balaban J connectivity index is 2.06. The van der Waals surface area contributed by atoms with Crippen LogP contribution in [-0.2, 0) is 16.0 Å². The zero-order valence-corrected chi connectivity index (χ0v) is 17.7. The number of aryl methyl sites for hydroxylation is 1. The van der Waals surface area contributed by atoms with E-state index in [2.05, 4.69) is 5.10 Å². The highest BCUT2D eigenvalue weighted by Crippen LogP contribution is 2.44. The van der Waals surface area contributed by atoms with Crippen molar-refractivity contribution in [3.8, 4) is 0 Å². The third-order valence-corrected chi connectivity index (χ3v) is 5.16. The predicted molar refractivity (Wildman–Crippen MR) is 107 cm³/mol. The normalized spacial score (nSPS) is 13.2. The molecule has 0 aliphatic heterocycles. The minimum absolute atomic E-state index is 0.0111. The van der Waals surface area contributed by atoms with Gasteiger partial charge in [0.2, 0.25) is 0 Å². The van der Waals surface area contributed by atoms with Crippen molar-refractivity contribution in [3.05, 3.63) is 51.1 Å². The fourth-order valence-corrected chi connectivity index (χ4v) is 3.36. The van der Waals surface area contributed by atoms with Gasteiger partial charge in [0.25, 0.3) is 0 Å². The molecule has 2 aromatic rings. The van der Waals surface area contributed by atoms with Gasteiger partial charge in [0.05, 0.1) is 18.8 Å². The molecule has 0 atom stereocenters. The van der Waals surface area contributed by atoms with Crippen molar-refractivity contribution < 1.29 is 28.2 Å². The summed E-state index contributed by atoms with van der Waals surface area (Å²) in [6, 6.07) is 2.42. The monoisotopic (exact) mass is 436 g/mol. The van der Waals surface area contributed by atoms with Crippen molar-refractivity contribution in [3.63, 3.8) is 0 Å². The van der Waals surface area contributed by atoms with Crippen LogP contribution in [0.2, 0.25) is 5.02 Å². The first-order valence-corrected chi connectivity index (χ1v) is 10.1. The van der Waals surface area contributed by atoms with Gasteiger partial charge in [0.1, 0.15) is 12.4 Å². The molecule has 1 fully saturated rings. The van der Waals surface area contributed by atoms with Crippen LogP contribution in [0, 0.1) is 12.7 Å². The van der Waals surface area contributed by atoms with E-state index in [1.165, 1.54) is 6.07 Å². The number of carbonyl (C=O) groups excluding carboxylic acids is 3. The van der Waals surface area contributed by atoms with Gasteiger partial charge in [-0.25, -0.2) is 18.7 Å². The molecular formula is C21H22ClFN2O5. The Morgan fingerprint density at radius 2 is 1.80 bits per heavy atom. The van der Waals surface area contributed by atoms with E-state index in [4.69, 9.17) is 21.1 Å². The molecule has 1 heterocycles. The lowest BCUT2D eigenvalue weighted by molar-refractivity contribution is 0.0505. The van der Waals surface area contributed by atoms with E-state index in [0.717, 1.165) is 23.6 Å². The summed E-state index contributed by atoms with van der Waals surface area (Å²) in [7, 11) is 0. The lowest BCUT2D eigenvalue weighted by Crippen LogP contribution is -2.20. The van der Waals surface area contributed by atoms with Crippen molar-refractivity contribution in [1.29, 1.82) is 0 Å². The summed E-state index contributed by atoms with van der Waals surface area (Å²) in [6.07, 6.45) is 1.56. The van der Waals surface area contributed by atoms with E-state index < -0.39 is 30.1 Å². The number of Topliss-reactive ketones (excluding diaryl/α,β-unsaturated/α-hetero) is 1. The van der Waals surface area contributed by atoms with Gasteiger partial charge in [0.15, 0.2) is 17.2 Å². The third kappa shape index (κ3) is 4.38. The van der Waals surface area contributed by atoms with E-state index in [1.54, 1.807) is 20.8 Å². The van der Waals surface area contributed by atoms with E-state index in [1.807, 2.05) is 0 Å². The minimum Gasteiger partial charge on any atom is -0.461 e. The maximum Gasteiger partial charge on any atom is 0.359 e. The van der Waals surface area contributed by atoms with Gasteiger partial charge in [0, 0.05) is 10.6 Å². The molecule has 0 saturated heterocycles. The molecule has 9 heteroatoms. The number of rotatable bonds is 8. The van der Waals surface area contributed by atoms with Crippen LogP contribution in [0.3, 0.4) is 0 Å². The highest BCUT2D eigenvalue weighted by atomic mass is 35.5. The largest absolute Gasteiger partial charge is 0.461 e. The average Bonchev–Trinajstić information content (AvgIpc) is 3.46. The Morgan fingerprint density at radius 1 is 1.17 bits per heavy atom. The summed E-state index contributed by atoms with van der Waals surface area (Å²) >= 11 is 5.90. The van der Waals surface area contributed by atoms with Crippen molar-refractivity contribution in [2.24, 2.45) is 0 Å². The molecule has 1 aliphatic carbocycles. The smallest absolute Gasteiger partial charge is 0.359 e. The lowest BCUT2D eigenvalue weighted by Gasteiger charge is -2.10. The van der Waals surface area contributed by atoms with E-state index in [0.29, 0.717) is 11.1 Å². The average molecular weight is 437 g/mol. The topological polar surface area (TPSA) is 87.5 Å². The highest BCUT2D eigenvalue weighted by Gasteiger charge is 2.38. The lowest BCUT2D eigenvalue weighted by atomic mass is 10.1. The standard InChI is InChI=1S/C21H22ClFN2O5/c1-4-29-20(27)18-17(12-6-7-12)19(21(28)30-5-2)25(24-18)10-16(26)13-8-11(3)14(22)9-15(13)23/h8-9,12H,4-7,10H2,1-3H3. The second-order valence-electron chi connectivity index (χ2n) is 6.99. The Morgan fingerprint density at radius 3 is 2.40 bits per heavy atom. The van der Waals surface area contributed by atoms with Gasteiger partial charge < -0.3 is 9.47 Å². The van der Waals surface area contributed by atoms with Crippen LogP contribution in [0.5, 0.6) is 0 Å². The van der Waals surface area contributed by atoms with Crippen LogP contribution in [0.1, 0.15) is 75.1 Å². The number of ketones is 1. The fraction of sp³-hybridized carbons (Fsp3) is 0.429. The van der Waals surface area contributed by atoms with Crippen LogP contribution in [0.25, 0.3) is 0 Å². The molecule has 0 N–H and O–H groups in total. The molecule has 0 bridgehead atoms. The molecule has 30 heavy (non-hydrogen) atoms. The summed E-state index contributed by atoms with van der Waals surface area (Å²) in [4.78, 5) is 37.9. The Labute approximate surface area is 178 Å². The second-order valence-corrected chi connectivity index (χ2v) is 7.40. The van der Waals surface area contributed by atoms with Crippen molar-refractivity contribution in [2.75, 3.05) is 13.2 Å². The molecular weight excluding hydrogens is 415 g/mol. The van der Waals surface area contributed by atoms with Crippen LogP contribution >= 0.6 is 11.6 Å². The van der Waals surface area contributed by atoms with Gasteiger partial charge in [-0.3, -0.25) is 4.79 Å². The molecule has 0 amide bonds. The quantitative estimate of drug-likeness (QED) is 0.457. The molecule has 0 spiro atoms. The maximum atomic E-state index is 14.3. The van der Waals surface area contributed by atoms with Gasteiger partial charge in [-0.2, -0.15) is 5.10 Å². The first kappa shape index (κ1) is 22.0. The van der Waals surface area contributed by atoms with Gasteiger partial charge in [-0.15, -0.1) is 0 Å². The summed E-state index contributed by atoms with van der Waals surface area (Å²) in [6.45, 7) is 4.78. The number of halogens is 2. The SMILES string of the molecule is CCOC(=O)c1nn(CC(=O)c2cc(C)c(Cl)cc2F)c(C(=O)OCC)c1C1CC1. The van der Waals surface area contributed by atoms with Crippen molar-refractivity contribution in [1.82, 2.24) is 9.78 Å². The first-order valence-electron chi connectivity index (χ1n) is 9.72. The van der Waals surface area contributed by atoms with Crippen molar-refractivity contribution in [2.45, 2.75) is 46.1 Å². The number of carbonyl (C=O) groups is 3. The van der Waals surface area contributed by atoms with Gasteiger partial charge in [-0.1, -0.05) is 11.6 Å². The first-order chi connectivity index (χ1) is 14.3. The number of hydrogen-bond acceptors (Lipinski definition) is 6. The number of benzene rings is 1. The fourth-order valence-electron chi connectivity index (χ4n) is 3.21. The number of hydrogen-bond donors (Lipinski definition) is 0. The minimum atomic E-state index is -0.770. The second kappa shape index (κ2) is 8.95. The van der Waals surface area contributed by atoms with Gasteiger partial charge in [-0.05, 0) is 57.2 Å². The molecule has 0 radical (unpaired) electrons. The number of ether oxygens (including phenoxy) is 2. The summed E-state index contributed by atoms with van der Waals surface area (Å²) in [5.74, 6) is -2.79. The highest BCUT2D eigenvalue weighted by molar-refractivity contribution is 6.31. The van der Waals surface area contributed by atoms with Crippen molar-refractivity contribution >= 4 is 29.3 Å². The predicted octanol–water partition coefficient (Wildman–Crippen LogP) is 4.10. The zero-order valence-electron chi connectivity index (χ0n) is 17.0. The number of esters is 2. The number of nitrogens with zero attached hydrogens (tertiary/aromatic N) is 2. The van der Waals surface area contributed by atoms with E-state index in [9.17, 15) is 18.8 Å². The Hall–Kier alpha value is -2.74. The molecule has 160 valence electrons. The Kier molecular flexibility index (Phi) is 6.55. The van der Waals surface area contributed by atoms with E-state index >= 15 is 0 Å². The summed E-state index contributed by atoms with van der Waals surface area (Å²) in [5.41, 5.74) is 0.809. The van der Waals surface area contributed by atoms with Crippen LogP contribution in [-0.4, -0.2) is 40.7 Å². The van der Waals surface area contributed by atoms with Crippen LogP contribution < -0.4 is 0 Å². The maximum absolute atomic E-state index is 14.3. The molecule has 0 unspecified atom stereocenters. The summed E-state index contributed by atoms with van der Waals surface area (Å²) in [5, 5.41) is 4.40. The van der Waals surface area contributed by atoms with Gasteiger partial charge >= 0.3 is 11.9 Å². The molecule has 1 aliphatic rings. The Bertz CT molecular complexity index is 1010. The zero-order chi connectivity index (χ0) is 22.0. The molecule has 1 aromatic heterocycles. The summed E-state index contributed by atoms with van der Waals surface area (Å²) < 4.78 is 25.6. The molecule has 3 rings (SSSR count). The third-order valence-electron chi connectivity index (χ3n) is 4.75. The molecule has 7 nitrogen and oxygen atoms in total. The molecule has 1 aromatic carbocycles. The van der Waals surface area contributed by atoms with Crippen LogP contribution in [0.15, 0.2) is 12.1 Å².